The van der Waals surface area contributed by atoms with E-state index in [-0.39, 0.29) is 11.5 Å². The van der Waals surface area contributed by atoms with Crippen molar-refractivity contribution in [3.05, 3.63) is 17.0 Å². The Hall–Kier alpha value is -1.40. The van der Waals surface area contributed by atoms with Gasteiger partial charge in [-0.15, -0.1) is 0 Å². The highest BCUT2D eigenvalue weighted by molar-refractivity contribution is 5.76. The summed E-state index contributed by atoms with van der Waals surface area (Å²) in [5.41, 5.74) is 3.43. The van der Waals surface area contributed by atoms with Crippen LogP contribution in [0, 0.1) is 25.7 Å². The molecular weight excluding hydrogens is 378 g/mol. The summed E-state index contributed by atoms with van der Waals surface area (Å²) in [6.45, 7) is 8.49. The van der Waals surface area contributed by atoms with Gasteiger partial charge in [-0.3, -0.25) is 9.48 Å². The van der Waals surface area contributed by atoms with Crippen LogP contribution in [-0.2, 0) is 27.7 Å². The normalized spacial score (nSPS) is 23.8. The molecule has 1 atom stereocenters. The van der Waals surface area contributed by atoms with Gasteiger partial charge in [-0.2, -0.15) is 5.10 Å². The summed E-state index contributed by atoms with van der Waals surface area (Å²) in [4.78, 5) is 14.9. The summed E-state index contributed by atoms with van der Waals surface area (Å²) < 4.78 is 14.1. The highest BCUT2D eigenvalue weighted by Gasteiger charge is 2.41. The maximum absolute atomic E-state index is 12.8. The lowest BCUT2D eigenvalue weighted by Gasteiger charge is -2.46. The molecule has 1 unspecified atom stereocenters. The maximum atomic E-state index is 12.8. The Morgan fingerprint density at radius 3 is 2.63 bits per heavy atom. The number of aromatic nitrogens is 2. The molecule has 0 N–H and O–H groups in total. The zero-order valence-electron chi connectivity index (χ0n) is 19.1. The molecule has 0 radical (unpaired) electrons. The number of aryl methyl sites for hydroxylation is 2. The Balaban J connectivity index is 1.20. The number of ether oxygens (including phenoxy) is 2. The van der Waals surface area contributed by atoms with Crippen LogP contribution in [-0.4, -0.2) is 59.1 Å². The summed E-state index contributed by atoms with van der Waals surface area (Å²) in [6.07, 6.45) is 9.47. The van der Waals surface area contributed by atoms with Gasteiger partial charge >= 0.3 is 0 Å². The van der Waals surface area contributed by atoms with Crippen molar-refractivity contribution < 1.29 is 14.3 Å². The summed E-state index contributed by atoms with van der Waals surface area (Å²) >= 11 is 0. The second-order valence-electron chi connectivity index (χ2n) is 9.85. The van der Waals surface area contributed by atoms with E-state index in [1.165, 1.54) is 24.1 Å². The third kappa shape index (κ3) is 5.25. The molecule has 4 rings (SSSR count). The van der Waals surface area contributed by atoms with Crippen molar-refractivity contribution in [3.63, 3.8) is 0 Å². The molecule has 3 heterocycles. The highest BCUT2D eigenvalue weighted by Crippen LogP contribution is 2.39. The smallest absolute Gasteiger partial charge is 0.222 e. The number of rotatable bonds is 8. The fourth-order valence-electron chi connectivity index (χ4n) is 5.24. The molecule has 0 bridgehead atoms. The van der Waals surface area contributed by atoms with Gasteiger partial charge in [0.15, 0.2) is 0 Å². The fraction of sp³-hybridized carbons (Fsp3) is 0.833. The molecule has 2 saturated heterocycles. The van der Waals surface area contributed by atoms with E-state index in [1.807, 2.05) is 18.7 Å². The fourth-order valence-corrected chi connectivity index (χ4v) is 5.24. The molecule has 6 heteroatoms. The predicted molar refractivity (Wildman–Crippen MR) is 116 cm³/mol. The topological polar surface area (TPSA) is 56.6 Å². The van der Waals surface area contributed by atoms with E-state index in [0.29, 0.717) is 12.3 Å². The number of hydrogen-bond acceptors (Lipinski definition) is 4. The van der Waals surface area contributed by atoms with Crippen LogP contribution in [0.4, 0.5) is 0 Å². The monoisotopic (exact) mass is 417 g/mol. The minimum atomic E-state index is -0.00723. The van der Waals surface area contributed by atoms with Crippen LogP contribution in [0.1, 0.15) is 68.3 Å². The largest absolute Gasteiger partial charge is 0.381 e. The Kier molecular flexibility index (Phi) is 6.83. The van der Waals surface area contributed by atoms with Crippen LogP contribution < -0.4 is 0 Å². The predicted octanol–water partition coefficient (Wildman–Crippen LogP) is 3.57. The van der Waals surface area contributed by atoms with Crippen LogP contribution in [0.5, 0.6) is 0 Å². The van der Waals surface area contributed by atoms with Gasteiger partial charge in [-0.1, -0.05) is 0 Å². The van der Waals surface area contributed by atoms with Crippen molar-refractivity contribution in [3.8, 4) is 0 Å². The molecule has 0 aromatic carbocycles. The average molecular weight is 418 g/mol. The molecule has 1 amide bonds. The minimum absolute atomic E-state index is 0.00723. The summed E-state index contributed by atoms with van der Waals surface area (Å²) in [6, 6.07) is 0. The molecule has 1 saturated carbocycles. The zero-order valence-corrected chi connectivity index (χ0v) is 19.1. The standard InChI is InChI=1S/C24H39N3O3/c1-18-22(19(2)26(3)25-18)6-7-23(28)27-12-10-24(11-13-27)16-20(9-15-30-24)8-14-29-17-21-4-5-21/h20-21H,4-17H2,1-3H3. The Morgan fingerprint density at radius 1 is 1.20 bits per heavy atom. The molecule has 6 nitrogen and oxygen atoms in total. The van der Waals surface area contributed by atoms with Gasteiger partial charge in [-0.25, -0.2) is 0 Å². The van der Waals surface area contributed by atoms with Crippen molar-refractivity contribution in [2.75, 3.05) is 32.9 Å². The maximum Gasteiger partial charge on any atom is 0.222 e. The molecule has 3 fully saturated rings. The molecule has 1 aromatic rings. The number of carbonyl (C=O) groups is 1. The van der Waals surface area contributed by atoms with Crippen molar-refractivity contribution in [2.45, 2.75) is 77.2 Å². The number of nitrogens with zero attached hydrogens (tertiary/aromatic N) is 3. The first-order valence-corrected chi connectivity index (χ1v) is 11.9. The molecule has 1 aliphatic carbocycles. The van der Waals surface area contributed by atoms with E-state index >= 15 is 0 Å². The van der Waals surface area contributed by atoms with Gasteiger partial charge in [-0.05, 0) is 82.6 Å². The first kappa shape index (κ1) is 21.8. The second kappa shape index (κ2) is 9.39. The minimum Gasteiger partial charge on any atom is -0.381 e. The molecule has 2 aliphatic heterocycles. The lowest BCUT2D eigenvalue weighted by Crippen LogP contribution is -2.50. The van der Waals surface area contributed by atoms with Crippen molar-refractivity contribution in [1.82, 2.24) is 14.7 Å². The van der Waals surface area contributed by atoms with Gasteiger partial charge in [0.2, 0.25) is 5.91 Å². The summed E-state index contributed by atoms with van der Waals surface area (Å²) in [7, 11) is 1.97. The molecule has 1 spiro atoms. The van der Waals surface area contributed by atoms with Crippen LogP contribution in [0.15, 0.2) is 0 Å². The SMILES string of the molecule is Cc1nn(C)c(C)c1CCC(=O)N1CCC2(CC1)CC(CCOCC1CC1)CCO2. The quantitative estimate of drug-likeness (QED) is 0.607. The van der Waals surface area contributed by atoms with Crippen LogP contribution in [0.2, 0.25) is 0 Å². The molecule has 3 aliphatic rings. The van der Waals surface area contributed by atoms with E-state index in [2.05, 4.69) is 16.9 Å². The number of likely N-dealkylation sites (tertiary alicyclic amines) is 1. The highest BCUT2D eigenvalue weighted by atomic mass is 16.5. The van der Waals surface area contributed by atoms with Gasteiger partial charge in [0, 0.05) is 52.1 Å². The van der Waals surface area contributed by atoms with Gasteiger partial charge < -0.3 is 14.4 Å². The number of carbonyl (C=O) groups excluding carboxylic acids is 1. The summed E-state index contributed by atoms with van der Waals surface area (Å²) in [5, 5.41) is 4.47. The van der Waals surface area contributed by atoms with Crippen LogP contribution >= 0.6 is 0 Å². The third-order valence-corrected chi connectivity index (χ3v) is 7.59. The number of hydrogen-bond donors (Lipinski definition) is 0. The molecule has 168 valence electrons. The third-order valence-electron chi connectivity index (χ3n) is 7.59. The summed E-state index contributed by atoms with van der Waals surface area (Å²) in [5.74, 6) is 1.82. The second-order valence-corrected chi connectivity index (χ2v) is 9.85. The Morgan fingerprint density at radius 2 is 1.97 bits per heavy atom. The van der Waals surface area contributed by atoms with Crippen molar-refractivity contribution >= 4 is 5.91 Å². The van der Waals surface area contributed by atoms with Crippen LogP contribution in [0.25, 0.3) is 0 Å². The van der Waals surface area contributed by atoms with E-state index in [1.54, 1.807) is 0 Å². The van der Waals surface area contributed by atoms with Gasteiger partial charge in [0.25, 0.3) is 0 Å². The van der Waals surface area contributed by atoms with Crippen molar-refractivity contribution in [1.29, 1.82) is 0 Å². The van der Waals surface area contributed by atoms with E-state index < -0.39 is 0 Å². The average Bonchev–Trinajstić information content (AvgIpc) is 3.52. The Labute approximate surface area is 181 Å². The first-order chi connectivity index (χ1) is 14.5. The van der Waals surface area contributed by atoms with E-state index in [0.717, 1.165) is 83.0 Å². The number of piperidine rings is 1. The molecule has 30 heavy (non-hydrogen) atoms. The lowest BCUT2D eigenvalue weighted by atomic mass is 9.78. The Bertz CT molecular complexity index is 732. The first-order valence-electron chi connectivity index (χ1n) is 11.9. The van der Waals surface area contributed by atoms with Gasteiger partial charge in [0.05, 0.1) is 11.3 Å². The molecule has 1 aromatic heterocycles. The number of amides is 1. The van der Waals surface area contributed by atoms with Gasteiger partial charge in [0.1, 0.15) is 0 Å². The van der Waals surface area contributed by atoms with E-state index in [4.69, 9.17) is 9.47 Å². The molecular formula is C24H39N3O3. The zero-order chi connectivity index (χ0) is 21.1. The lowest BCUT2D eigenvalue weighted by molar-refractivity contribution is -0.148. The van der Waals surface area contributed by atoms with E-state index in [9.17, 15) is 4.79 Å². The van der Waals surface area contributed by atoms with Crippen molar-refractivity contribution in [2.24, 2.45) is 18.9 Å². The van der Waals surface area contributed by atoms with Crippen LogP contribution in [0.3, 0.4) is 0 Å².